The summed E-state index contributed by atoms with van der Waals surface area (Å²) in [4.78, 5) is 26.1. The van der Waals surface area contributed by atoms with Crippen molar-refractivity contribution in [2.75, 3.05) is 12.3 Å². The van der Waals surface area contributed by atoms with E-state index < -0.39 is 59.4 Å². The molecule has 1 saturated heterocycles. The Kier molecular flexibility index (Phi) is 7.82. The summed E-state index contributed by atoms with van der Waals surface area (Å²) in [7, 11) is 0. The standard InChI is InChI=1S/C36H38F3NO8/c1-33-11-10-22(42)13-20(33)6-8-24-26-15-30-35(29(44)17-41,34(26,2)16-27(43)31(24)33)48-32(46-30)25-14-23(7-9-28(25)47-36(37,38)39)45-18-19-4-3-5-21(40)12-19/h3-5,7,9-14,24,26-27,30-32,41,43H,6,8,15-18,40H2,1-2H3/t24-,26-,27-,30-,31+,32-,33-,34-,35-/m0/s1. The first-order chi connectivity index (χ1) is 22.7. The largest absolute Gasteiger partial charge is 0.573 e. The van der Waals surface area contributed by atoms with E-state index in [2.05, 4.69) is 4.74 Å². The molecular weight excluding hydrogens is 631 g/mol. The van der Waals surface area contributed by atoms with Crippen LogP contribution in [0.25, 0.3) is 0 Å². The van der Waals surface area contributed by atoms with Crippen molar-refractivity contribution in [2.45, 2.75) is 76.6 Å². The quantitative estimate of drug-likeness (QED) is 0.333. The van der Waals surface area contributed by atoms with Gasteiger partial charge >= 0.3 is 6.36 Å². The van der Waals surface area contributed by atoms with Crippen LogP contribution in [0.5, 0.6) is 11.5 Å². The zero-order valence-electron chi connectivity index (χ0n) is 26.5. The predicted molar refractivity (Wildman–Crippen MR) is 165 cm³/mol. The van der Waals surface area contributed by atoms with Gasteiger partial charge in [0.1, 0.15) is 24.7 Å². The summed E-state index contributed by atoms with van der Waals surface area (Å²) in [5, 5.41) is 22.1. The van der Waals surface area contributed by atoms with E-state index in [1.807, 2.05) is 19.9 Å². The van der Waals surface area contributed by atoms with Crippen molar-refractivity contribution in [2.24, 2.45) is 28.6 Å². The molecule has 0 aromatic heterocycles. The number of anilines is 1. The number of allylic oxidation sites excluding steroid dienone is 4. The highest BCUT2D eigenvalue weighted by atomic mass is 19.4. The lowest BCUT2D eigenvalue weighted by atomic mass is 9.46. The van der Waals surface area contributed by atoms with Crippen LogP contribution in [0.15, 0.2) is 66.3 Å². The van der Waals surface area contributed by atoms with Crippen LogP contribution in [0, 0.1) is 28.6 Å². The van der Waals surface area contributed by atoms with Crippen LogP contribution >= 0.6 is 0 Å². The molecule has 9 nitrogen and oxygen atoms in total. The minimum Gasteiger partial charge on any atom is -0.489 e. The van der Waals surface area contributed by atoms with Gasteiger partial charge in [0.05, 0.1) is 17.8 Å². The number of carbonyl (C=O) groups excluding carboxylic acids is 2. The van der Waals surface area contributed by atoms with Crippen molar-refractivity contribution >= 4 is 17.3 Å². The lowest BCUT2D eigenvalue weighted by molar-refractivity contribution is -0.275. The Hall–Kier alpha value is -3.71. The van der Waals surface area contributed by atoms with Gasteiger partial charge in [-0.3, -0.25) is 9.59 Å². The van der Waals surface area contributed by atoms with E-state index >= 15 is 0 Å². The Labute approximate surface area is 275 Å². The number of aliphatic hydroxyl groups excluding tert-OH is 2. The van der Waals surface area contributed by atoms with E-state index in [1.54, 1.807) is 30.3 Å². The molecule has 3 saturated carbocycles. The number of fused-ring (bicyclic) bond motifs is 7. The third-order valence-electron chi connectivity index (χ3n) is 11.6. The second-order valence-corrected chi connectivity index (χ2v) is 14.1. The molecule has 1 heterocycles. The number of hydrogen-bond donors (Lipinski definition) is 3. The van der Waals surface area contributed by atoms with E-state index in [0.29, 0.717) is 24.9 Å². The summed E-state index contributed by atoms with van der Waals surface area (Å²) in [6.07, 6.45) is -1.51. The molecule has 1 aliphatic heterocycles. The zero-order chi connectivity index (χ0) is 34.2. The number of nitrogen functional groups attached to an aromatic ring is 1. The second-order valence-electron chi connectivity index (χ2n) is 14.1. The molecule has 0 radical (unpaired) electrons. The van der Waals surface area contributed by atoms with Crippen molar-refractivity contribution in [3.63, 3.8) is 0 Å². The number of nitrogens with two attached hydrogens (primary N) is 1. The molecule has 9 atom stereocenters. The average Bonchev–Trinajstić information content (AvgIpc) is 3.52. The normalized spacial score (nSPS) is 36.8. The van der Waals surface area contributed by atoms with Crippen LogP contribution in [0.3, 0.4) is 0 Å². The highest BCUT2D eigenvalue weighted by molar-refractivity contribution is 6.01. The van der Waals surface area contributed by atoms with E-state index in [1.165, 1.54) is 18.2 Å². The number of carbonyl (C=O) groups is 2. The molecule has 0 unspecified atom stereocenters. The molecular formula is C36H38F3NO8. The third kappa shape index (κ3) is 5.07. The van der Waals surface area contributed by atoms with Crippen molar-refractivity contribution in [3.8, 4) is 11.5 Å². The molecule has 4 fully saturated rings. The Morgan fingerprint density at radius 3 is 2.69 bits per heavy atom. The summed E-state index contributed by atoms with van der Waals surface area (Å²) in [5.74, 6) is -1.63. The molecule has 48 heavy (non-hydrogen) atoms. The number of alkyl halides is 3. The number of halogens is 3. The van der Waals surface area contributed by atoms with Crippen molar-refractivity contribution < 1.29 is 51.9 Å². The summed E-state index contributed by atoms with van der Waals surface area (Å²) in [6.45, 7) is 3.07. The number of ketones is 2. The van der Waals surface area contributed by atoms with Crippen molar-refractivity contribution in [3.05, 3.63) is 77.4 Å². The lowest BCUT2D eigenvalue weighted by Crippen LogP contribution is -2.63. The molecule has 2 aromatic carbocycles. The highest BCUT2D eigenvalue weighted by Gasteiger charge is 2.76. The predicted octanol–water partition coefficient (Wildman–Crippen LogP) is 5.35. The number of benzene rings is 2. The summed E-state index contributed by atoms with van der Waals surface area (Å²) in [5.41, 5.74) is 4.62. The Morgan fingerprint density at radius 1 is 1.17 bits per heavy atom. The molecule has 4 N–H and O–H groups in total. The van der Waals surface area contributed by atoms with Gasteiger partial charge in [0.2, 0.25) is 0 Å². The van der Waals surface area contributed by atoms with Crippen LogP contribution in [0.1, 0.15) is 56.9 Å². The van der Waals surface area contributed by atoms with Crippen molar-refractivity contribution in [1.29, 1.82) is 0 Å². The molecule has 0 bridgehead atoms. The van der Waals surface area contributed by atoms with E-state index in [-0.39, 0.29) is 47.9 Å². The first-order valence-corrected chi connectivity index (χ1v) is 16.1. The number of ether oxygens (including phenoxy) is 4. The fourth-order valence-electron chi connectivity index (χ4n) is 9.69. The van der Waals surface area contributed by atoms with Gasteiger partial charge < -0.3 is 34.9 Å². The maximum Gasteiger partial charge on any atom is 0.573 e. The van der Waals surface area contributed by atoms with Gasteiger partial charge in [0.15, 0.2) is 23.5 Å². The van der Waals surface area contributed by atoms with Gasteiger partial charge in [-0.2, -0.15) is 0 Å². The Balaban J connectivity index is 1.23. The molecule has 12 heteroatoms. The van der Waals surface area contributed by atoms with Crippen LogP contribution < -0.4 is 15.2 Å². The van der Waals surface area contributed by atoms with E-state index in [4.69, 9.17) is 19.9 Å². The van der Waals surface area contributed by atoms with Gasteiger partial charge in [0, 0.05) is 22.4 Å². The van der Waals surface area contributed by atoms with Gasteiger partial charge in [-0.05, 0) is 85.6 Å². The SMILES string of the molecule is C[C@]12C=CC(=O)C=C1CC[C@@H]1[C@@H]2[C@@H](O)C[C@@]2(C)[C@H]1C[C@@H]1O[C@H](c3cc(OCc4cccc(N)c4)ccc3OC(F)(F)F)O[C@@]12C(=O)CO. The van der Waals surface area contributed by atoms with Crippen LogP contribution in [0.4, 0.5) is 18.9 Å². The Bertz CT molecular complexity index is 1710. The zero-order valence-corrected chi connectivity index (χ0v) is 26.5. The average molecular weight is 670 g/mol. The van der Waals surface area contributed by atoms with Crippen molar-refractivity contribution in [1.82, 2.24) is 0 Å². The molecule has 0 amide bonds. The molecule has 5 aliphatic rings. The smallest absolute Gasteiger partial charge is 0.489 e. The molecule has 7 rings (SSSR count). The van der Waals surface area contributed by atoms with Gasteiger partial charge in [-0.1, -0.05) is 37.6 Å². The number of rotatable bonds is 7. The summed E-state index contributed by atoms with van der Waals surface area (Å²) >= 11 is 0. The number of Topliss-reactive ketones (excluding diaryl/α,β-unsaturated/α-hetero) is 1. The molecule has 0 spiro atoms. The number of aliphatic hydroxyl groups is 2. The minimum absolute atomic E-state index is 0.0747. The fraction of sp³-hybridized carbons (Fsp3) is 0.500. The van der Waals surface area contributed by atoms with E-state index in [0.717, 1.165) is 17.2 Å². The highest BCUT2D eigenvalue weighted by Crippen LogP contribution is 2.70. The molecule has 2 aromatic rings. The maximum atomic E-state index is 13.9. The second kappa shape index (κ2) is 11.4. The van der Waals surface area contributed by atoms with Gasteiger partial charge in [-0.25, -0.2) is 0 Å². The summed E-state index contributed by atoms with van der Waals surface area (Å²) in [6, 6.07) is 10.7. The first-order valence-electron chi connectivity index (χ1n) is 16.1. The third-order valence-corrected chi connectivity index (χ3v) is 11.6. The minimum atomic E-state index is -5.03. The fourth-order valence-corrected chi connectivity index (χ4v) is 9.69. The molecule has 4 aliphatic carbocycles. The van der Waals surface area contributed by atoms with Gasteiger partial charge in [0.25, 0.3) is 0 Å². The van der Waals surface area contributed by atoms with E-state index in [9.17, 15) is 33.0 Å². The monoisotopic (exact) mass is 669 g/mol. The maximum absolute atomic E-state index is 13.9. The number of hydrogen-bond acceptors (Lipinski definition) is 9. The van der Waals surface area contributed by atoms with Crippen LogP contribution in [-0.4, -0.2) is 52.6 Å². The van der Waals surface area contributed by atoms with Gasteiger partial charge in [-0.15, -0.1) is 13.2 Å². The molecule has 256 valence electrons. The lowest BCUT2D eigenvalue weighted by Gasteiger charge is -2.59. The Morgan fingerprint density at radius 2 is 1.96 bits per heavy atom. The topological polar surface area (TPSA) is 138 Å². The van der Waals surface area contributed by atoms with Crippen LogP contribution in [0.2, 0.25) is 0 Å². The van der Waals surface area contributed by atoms with Crippen LogP contribution in [-0.2, 0) is 25.7 Å². The summed E-state index contributed by atoms with van der Waals surface area (Å²) < 4.78 is 63.9. The first kappa shape index (κ1) is 32.8.